The number of anilines is 1. The largest absolute Gasteiger partial charge is 0.362 e. The lowest BCUT2D eigenvalue weighted by Gasteiger charge is -2.26. The van der Waals surface area contributed by atoms with Crippen molar-refractivity contribution in [3.8, 4) is 0 Å². The van der Waals surface area contributed by atoms with Gasteiger partial charge in [0.1, 0.15) is 5.82 Å². The molecule has 0 radical (unpaired) electrons. The second-order valence-electron chi connectivity index (χ2n) is 4.78. The third-order valence-corrected chi connectivity index (χ3v) is 3.41. The molecular weight excluding hydrogens is 250 g/mol. The van der Waals surface area contributed by atoms with Crippen LogP contribution in [0.25, 0.3) is 0 Å². The van der Waals surface area contributed by atoms with Gasteiger partial charge in [0.15, 0.2) is 0 Å². The van der Waals surface area contributed by atoms with E-state index < -0.39 is 0 Å². The van der Waals surface area contributed by atoms with Gasteiger partial charge in [0, 0.05) is 33.4 Å². The summed E-state index contributed by atoms with van der Waals surface area (Å²) in [5.41, 5.74) is 0.576. The van der Waals surface area contributed by atoms with Crippen LogP contribution in [-0.4, -0.2) is 43.0 Å². The molecule has 1 saturated heterocycles. The van der Waals surface area contributed by atoms with Crippen LogP contribution in [0.1, 0.15) is 29.6 Å². The van der Waals surface area contributed by atoms with Crippen molar-refractivity contribution in [3.63, 3.8) is 0 Å². The van der Waals surface area contributed by atoms with Crippen molar-refractivity contribution in [2.24, 2.45) is 0 Å². The minimum atomic E-state index is 0.0365. The molecule has 0 atom stereocenters. The highest BCUT2D eigenvalue weighted by molar-refractivity contribution is 6.33. The number of pyridine rings is 1. The second-order valence-corrected chi connectivity index (χ2v) is 5.18. The summed E-state index contributed by atoms with van der Waals surface area (Å²) < 4.78 is 0. The van der Waals surface area contributed by atoms with Gasteiger partial charge >= 0.3 is 0 Å². The highest BCUT2D eigenvalue weighted by Gasteiger charge is 2.19. The van der Waals surface area contributed by atoms with E-state index in [9.17, 15) is 4.79 Å². The monoisotopic (exact) mass is 267 g/mol. The van der Waals surface area contributed by atoms with E-state index in [4.69, 9.17) is 11.6 Å². The number of hydrogen-bond donors (Lipinski definition) is 0. The van der Waals surface area contributed by atoms with Crippen LogP contribution in [0, 0.1) is 0 Å². The molecular formula is C13H18ClN3O. The highest BCUT2D eigenvalue weighted by atomic mass is 35.5. The van der Waals surface area contributed by atoms with Gasteiger partial charge in [-0.3, -0.25) is 4.79 Å². The Balaban J connectivity index is 2.18. The third kappa shape index (κ3) is 2.75. The van der Waals surface area contributed by atoms with Crippen molar-refractivity contribution >= 4 is 23.3 Å². The number of hydrogen-bond acceptors (Lipinski definition) is 3. The van der Waals surface area contributed by atoms with Gasteiger partial charge < -0.3 is 9.80 Å². The van der Waals surface area contributed by atoms with E-state index in [1.54, 1.807) is 12.3 Å². The fourth-order valence-corrected chi connectivity index (χ4v) is 2.49. The average Bonchev–Trinajstić information content (AvgIpc) is 2.38. The lowest BCUT2D eigenvalue weighted by Crippen LogP contribution is -2.35. The van der Waals surface area contributed by atoms with E-state index >= 15 is 0 Å². The number of amides is 1. The summed E-state index contributed by atoms with van der Waals surface area (Å²) in [6.45, 7) is 1.68. The van der Waals surface area contributed by atoms with Gasteiger partial charge in [-0.15, -0.1) is 0 Å². The molecule has 0 saturated carbocycles. The van der Waals surface area contributed by atoms with Gasteiger partial charge in [0.2, 0.25) is 0 Å². The molecule has 18 heavy (non-hydrogen) atoms. The van der Waals surface area contributed by atoms with E-state index in [-0.39, 0.29) is 5.91 Å². The van der Waals surface area contributed by atoms with Gasteiger partial charge in [-0.1, -0.05) is 11.6 Å². The van der Waals surface area contributed by atoms with Crippen molar-refractivity contribution in [1.29, 1.82) is 0 Å². The van der Waals surface area contributed by atoms with Crippen molar-refractivity contribution in [3.05, 3.63) is 22.8 Å². The molecule has 2 heterocycles. The quantitative estimate of drug-likeness (QED) is 0.826. The number of aromatic nitrogens is 1. The first-order chi connectivity index (χ1) is 8.59. The molecule has 0 N–H and O–H groups in total. The Bertz CT molecular complexity index is 442. The van der Waals surface area contributed by atoms with Crippen LogP contribution in [0.4, 0.5) is 5.82 Å². The van der Waals surface area contributed by atoms with E-state index in [0.29, 0.717) is 16.4 Å². The molecule has 1 amide bonds. The van der Waals surface area contributed by atoms with Gasteiger partial charge in [0.25, 0.3) is 5.91 Å². The van der Waals surface area contributed by atoms with E-state index in [2.05, 4.69) is 4.98 Å². The zero-order valence-electron chi connectivity index (χ0n) is 10.8. The maximum Gasteiger partial charge on any atom is 0.255 e. The zero-order chi connectivity index (χ0) is 13.1. The number of likely N-dealkylation sites (tertiary alicyclic amines) is 1. The Morgan fingerprint density at radius 2 is 2.00 bits per heavy atom. The number of rotatable bonds is 2. The normalized spacial score (nSPS) is 15.6. The van der Waals surface area contributed by atoms with E-state index in [0.717, 1.165) is 25.9 Å². The summed E-state index contributed by atoms with van der Waals surface area (Å²) in [6.07, 6.45) is 4.99. The Hall–Kier alpha value is -1.29. The van der Waals surface area contributed by atoms with Crippen molar-refractivity contribution in [1.82, 2.24) is 9.88 Å². The van der Waals surface area contributed by atoms with Gasteiger partial charge in [0.05, 0.1) is 10.6 Å². The first kappa shape index (κ1) is 13.1. The molecule has 0 bridgehead atoms. The van der Waals surface area contributed by atoms with E-state index in [1.807, 2.05) is 23.9 Å². The Labute approximate surface area is 113 Å². The average molecular weight is 268 g/mol. The maximum atomic E-state index is 12.2. The molecule has 5 heteroatoms. The van der Waals surface area contributed by atoms with Gasteiger partial charge in [-0.2, -0.15) is 0 Å². The SMILES string of the molecule is CN(C)c1ncc(C(=O)N2CCCCC2)cc1Cl. The summed E-state index contributed by atoms with van der Waals surface area (Å²) in [5.74, 6) is 0.723. The fourth-order valence-electron chi connectivity index (χ4n) is 2.16. The minimum absolute atomic E-state index is 0.0365. The Morgan fingerprint density at radius 3 is 2.56 bits per heavy atom. The molecule has 1 fully saturated rings. The lowest BCUT2D eigenvalue weighted by molar-refractivity contribution is 0.0724. The fraction of sp³-hybridized carbons (Fsp3) is 0.538. The van der Waals surface area contributed by atoms with Crippen LogP contribution in [-0.2, 0) is 0 Å². The maximum absolute atomic E-state index is 12.2. The number of carbonyl (C=O) groups is 1. The number of halogens is 1. The van der Waals surface area contributed by atoms with Crippen LogP contribution in [0.5, 0.6) is 0 Å². The molecule has 1 aliphatic rings. The van der Waals surface area contributed by atoms with Crippen LogP contribution in [0.15, 0.2) is 12.3 Å². The molecule has 0 aromatic carbocycles. The first-order valence-electron chi connectivity index (χ1n) is 6.22. The first-order valence-corrected chi connectivity index (χ1v) is 6.59. The van der Waals surface area contributed by atoms with Crippen LogP contribution < -0.4 is 4.90 Å². The van der Waals surface area contributed by atoms with Gasteiger partial charge in [-0.05, 0) is 25.3 Å². The van der Waals surface area contributed by atoms with E-state index in [1.165, 1.54) is 6.42 Å². The van der Waals surface area contributed by atoms with Gasteiger partial charge in [-0.25, -0.2) is 4.98 Å². The number of nitrogens with zero attached hydrogens (tertiary/aromatic N) is 3. The van der Waals surface area contributed by atoms with Crippen LogP contribution >= 0.6 is 11.6 Å². The number of carbonyl (C=O) groups excluding carboxylic acids is 1. The Morgan fingerprint density at radius 1 is 1.33 bits per heavy atom. The molecule has 1 aromatic rings. The minimum Gasteiger partial charge on any atom is -0.362 e. The Kier molecular flexibility index (Phi) is 4.07. The van der Waals surface area contributed by atoms with Crippen LogP contribution in [0.2, 0.25) is 5.02 Å². The third-order valence-electron chi connectivity index (χ3n) is 3.14. The molecule has 0 unspecified atom stereocenters. The molecule has 4 nitrogen and oxygen atoms in total. The molecule has 1 aromatic heterocycles. The van der Waals surface area contributed by atoms with Crippen molar-refractivity contribution < 1.29 is 4.79 Å². The number of piperidine rings is 1. The topological polar surface area (TPSA) is 36.4 Å². The van der Waals surface area contributed by atoms with Crippen LogP contribution in [0.3, 0.4) is 0 Å². The predicted octanol–water partition coefficient (Wildman–Crippen LogP) is 2.43. The highest BCUT2D eigenvalue weighted by Crippen LogP contribution is 2.23. The smallest absolute Gasteiger partial charge is 0.255 e. The molecule has 0 spiro atoms. The molecule has 98 valence electrons. The van der Waals surface area contributed by atoms with Crippen molar-refractivity contribution in [2.45, 2.75) is 19.3 Å². The second kappa shape index (κ2) is 5.57. The zero-order valence-corrected chi connectivity index (χ0v) is 11.6. The molecule has 2 rings (SSSR count). The molecule has 1 aliphatic heterocycles. The summed E-state index contributed by atoms with van der Waals surface area (Å²) in [6, 6.07) is 1.71. The van der Waals surface area contributed by atoms with Crippen molar-refractivity contribution in [2.75, 3.05) is 32.1 Å². The summed E-state index contributed by atoms with van der Waals surface area (Å²) >= 11 is 6.13. The predicted molar refractivity (Wildman–Crippen MR) is 73.3 cm³/mol. The summed E-state index contributed by atoms with van der Waals surface area (Å²) in [5, 5.41) is 0.517. The summed E-state index contributed by atoms with van der Waals surface area (Å²) in [4.78, 5) is 20.2. The summed E-state index contributed by atoms with van der Waals surface area (Å²) in [7, 11) is 3.75. The lowest BCUT2D eigenvalue weighted by atomic mass is 10.1. The molecule has 0 aliphatic carbocycles. The standard InChI is InChI=1S/C13H18ClN3O/c1-16(2)12-11(14)8-10(9-15-12)13(18)17-6-4-3-5-7-17/h8-9H,3-7H2,1-2H3.